The summed E-state index contributed by atoms with van der Waals surface area (Å²) in [5.41, 5.74) is 22.6. The first-order valence-electron chi connectivity index (χ1n) is 22.3. The molecular formula is C59H57NS. The fraction of sp³-hybridized carbons (Fsp3) is 0.288. The largest absolute Gasteiger partial charge is 0.310 e. The van der Waals surface area contributed by atoms with Gasteiger partial charge >= 0.3 is 0 Å². The van der Waals surface area contributed by atoms with E-state index in [2.05, 4.69) is 215 Å². The molecule has 0 spiro atoms. The predicted octanol–water partition coefficient (Wildman–Crippen LogP) is 17.0. The van der Waals surface area contributed by atoms with E-state index in [1.165, 1.54) is 115 Å². The van der Waals surface area contributed by atoms with Crippen LogP contribution in [0.15, 0.2) is 127 Å². The van der Waals surface area contributed by atoms with Gasteiger partial charge in [0.25, 0.3) is 0 Å². The average Bonchev–Trinajstić information content (AvgIpc) is 3.85. The van der Waals surface area contributed by atoms with Crippen LogP contribution in [0.25, 0.3) is 53.6 Å². The number of nitrogens with zero attached hydrogens (tertiary/aromatic N) is 1. The van der Waals surface area contributed by atoms with E-state index >= 15 is 0 Å². The lowest BCUT2D eigenvalue weighted by Gasteiger charge is -2.31. The number of fused-ring (bicyclic) bond motifs is 12. The summed E-state index contributed by atoms with van der Waals surface area (Å²) in [5, 5.41) is 2.76. The highest BCUT2D eigenvalue weighted by Gasteiger charge is 2.41. The van der Waals surface area contributed by atoms with E-state index < -0.39 is 0 Å². The van der Waals surface area contributed by atoms with Gasteiger partial charge in [-0.2, -0.15) is 0 Å². The summed E-state index contributed by atoms with van der Waals surface area (Å²) in [7, 11) is 0. The third kappa shape index (κ3) is 5.30. The molecule has 0 N–H and O–H groups in total. The van der Waals surface area contributed by atoms with E-state index in [0.717, 1.165) is 0 Å². The van der Waals surface area contributed by atoms with E-state index in [1.54, 1.807) is 0 Å². The van der Waals surface area contributed by atoms with Crippen molar-refractivity contribution in [3.63, 3.8) is 0 Å². The van der Waals surface area contributed by atoms with Crippen LogP contribution in [0.3, 0.4) is 0 Å². The number of anilines is 3. The van der Waals surface area contributed by atoms with E-state index in [1.807, 2.05) is 11.3 Å². The van der Waals surface area contributed by atoms with E-state index in [0.29, 0.717) is 0 Å². The minimum atomic E-state index is -0.177. The van der Waals surface area contributed by atoms with Gasteiger partial charge in [0.15, 0.2) is 0 Å². The zero-order chi connectivity index (χ0) is 42.8. The minimum Gasteiger partial charge on any atom is -0.310 e. The number of hydrogen-bond donors (Lipinski definition) is 0. The summed E-state index contributed by atoms with van der Waals surface area (Å²) >= 11 is 1.99. The smallest absolute Gasteiger partial charge is 0.0543 e. The molecule has 2 heteroatoms. The topological polar surface area (TPSA) is 3.24 Å². The predicted molar refractivity (Wildman–Crippen MR) is 264 cm³/mol. The zero-order valence-electron chi connectivity index (χ0n) is 38.0. The van der Waals surface area contributed by atoms with E-state index in [9.17, 15) is 0 Å². The Balaban J connectivity index is 1.18. The lowest BCUT2D eigenvalue weighted by molar-refractivity contribution is 0.573. The van der Waals surface area contributed by atoms with Crippen molar-refractivity contribution in [1.29, 1.82) is 0 Å². The fourth-order valence-corrected chi connectivity index (χ4v) is 12.8. The van der Waals surface area contributed by atoms with Crippen LogP contribution in [-0.2, 0) is 27.1 Å². The summed E-state index contributed by atoms with van der Waals surface area (Å²) < 4.78 is 2.81. The minimum absolute atomic E-state index is 0.0280. The molecule has 1 nitrogen and oxygen atoms in total. The van der Waals surface area contributed by atoms with Gasteiger partial charge in [0.1, 0.15) is 0 Å². The molecule has 0 amide bonds. The molecule has 8 aromatic rings. The SMILES string of the molecule is CC(C)(C)c1cc(C(C)(C)C)c2sc3cc4c(cc3c2c1)-c1c(N(c2ccc3c(c2)C(C)(C)c2ccccc2-3)c2ccc3c(c2)C(C)(C)c2ccccc2-3)cccc1C4(C)C. The standard InChI is InChI=1S/C59H57NS/c1-55(2,3)34-28-42-41-32-43-49(33-52(41)61-54(42)50(29-34)56(4,5)6)59(11,12)46-22-17-23-51(53(43)46)60(35-24-26-39-37-18-13-15-20-44(37)57(7,8)47(39)30-35)36-25-27-40-38-19-14-16-21-45(38)58(9,10)48(40)31-36/h13-33H,1-12H3. The van der Waals surface area contributed by atoms with Crippen LogP contribution in [0.5, 0.6) is 0 Å². The third-order valence-corrected chi connectivity index (χ3v) is 16.1. The van der Waals surface area contributed by atoms with Crippen molar-refractivity contribution in [2.45, 2.75) is 110 Å². The molecule has 7 aromatic carbocycles. The highest BCUT2D eigenvalue weighted by Crippen LogP contribution is 2.59. The maximum Gasteiger partial charge on any atom is 0.0543 e. The molecule has 0 fully saturated rings. The van der Waals surface area contributed by atoms with Crippen molar-refractivity contribution < 1.29 is 0 Å². The van der Waals surface area contributed by atoms with Crippen LogP contribution in [0.1, 0.15) is 128 Å². The van der Waals surface area contributed by atoms with Gasteiger partial charge in [0.2, 0.25) is 0 Å². The van der Waals surface area contributed by atoms with Gasteiger partial charge in [0, 0.05) is 53.4 Å². The summed E-state index contributed by atoms with van der Waals surface area (Å²) in [6, 6.07) is 49.7. The molecule has 0 bridgehead atoms. The molecule has 304 valence electrons. The highest BCUT2D eigenvalue weighted by atomic mass is 32.1. The van der Waals surface area contributed by atoms with Crippen LogP contribution in [-0.4, -0.2) is 0 Å². The van der Waals surface area contributed by atoms with Gasteiger partial charge < -0.3 is 4.90 Å². The van der Waals surface area contributed by atoms with Crippen molar-refractivity contribution in [2.24, 2.45) is 0 Å². The Bertz CT molecular complexity index is 3080. The molecule has 0 aliphatic heterocycles. The molecular weight excluding hydrogens is 755 g/mol. The Morgan fingerprint density at radius 2 is 0.934 bits per heavy atom. The molecule has 3 aliphatic carbocycles. The molecule has 1 aromatic heterocycles. The molecule has 0 radical (unpaired) electrons. The lowest BCUT2D eigenvalue weighted by Crippen LogP contribution is -2.18. The normalized spacial score (nSPS) is 16.3. The zero-order valence-corrected chi connectivity index (χ0v) is 38.8. The van der Waals surface area contributed by atoms with Crippen molar-refractivity contribution in [2.75, 3.05) is 4.90 Å². The monoisotopic (exact) mass is 811 g/mol. The summed E-state index contributed by atoms with van der Waals surface area (Å²) in [6.07, 6.45) is 0. The number of rotatable bonds is 3. The van der Waals surface area contributed by atoms with E-state index in [-0.39, 0.29) is 27.1 Å². The quantitative estimate of drug-likeness (QED) is 0.172. The lowest BCUT2D eigenvalue weighted by atomic mass is 9.79. The number of thiophene rings is 1. The van der Waals surface area contributed by atoms with Crippen molar-refractivity contribution in [3.05, 3.63) is 172 Å². The van der Waals surface area contributed by atoms with Gasteiger partial charge in [-0.1, -0.05) is 162 Å². The molecule has 0 unspecified atom stereocenters. The van der Waals surface area contributed by atoms with Crippen LogP contribution in [0.2, 0.25) is 0 Å². The Morgan fingerprint density at radius 3 is 1.49 bits per heavy atom. The van der Waals surface area contributed by atoms with Gasteiger partial charge in [-0.3, -0.25) is 0 Å². The first kappa shape index (κ1) is 38.5. The second-order valence-electron chi connectivity index (χ2n) is 21.9. The summed E-state index contributed by atoms with van der Waals surface area (Å²) in [6.45, 7) is 28.6. The Hall–Kier alpha value is -5.44. The first-order valence-corrected chi connectivity index (χ1v) is 23.1. The van der Waals surface area contributed by atoms with E-state index in [4.69, 9.17) is 0 Å². The molecule has 0 atom stereocenters. The Morgan fingerprint density at radius 1 is 0.426 bits per heavy atom. The fourth-order valence-electron chi connectivity index (χ4n) is 11.4. The maximum absolute atomic E-state index is 2.59. The molecule has 11 rings (SSSR count). The van der Waals surface area contributed by atoms with Crippen LogP contribution < -0.4 is 4.90 Å². The van der Waals surface area contributed by atoms with Gasteiger partial charge in [-0.05, 0) is 132 Å². The number of hydrogen-bond acceptors (Lipinski definition) is 2. The van der Waals surface area contributed by atoms with Crippen molar-refractivity contribution >= 4 is 48.6 Å². The van der Waals surface area contributed by atoms with Crippen LogP contribution in [0.4, 0.5) is 17.1 Å². The van der Waals surface area contributed by atoms with Crippen molar-refractivity contribution in [3.8, 4) is 33.4 Å². The van der Waals surface area contributed by atoms with Crippen LogP contribution in [0, 0.1) is 0 Å². The summed E-state index contributed by atoms with van der Waals surface area (Å²) in [4.78, 5) is 2.59. The average molecular weight is 812 g/mol. The highest BCUT2D eigenvalue weighted by molar-refractivity contribution is 7.26. The molecule has 0 saturated carbocycles. The molecule has 1 heterocycles. The number of benzene rings is 7. The molecule has 3 aliphatic rings. The van der Waals surface area contributed by atoms with Crippen molar-refractivity contribution in [1.82, 2.24) is 0 Å². The van der Waals surface area contributed by atoms with Gasteiger partial charge in [-0.15, -0.1) is 11.3 Å². The van der Waals surface area contributed by atoms with Gasteiger partial charge in [0.05, 0.1) is 5.69 Å². The second kappa shape index (κ2) is 12.4. The maximum atomic E-state index is 2.59. The second-order valence-corrected chi connectivity index (χ2v) is 22.9. The Kier molecular flexibility index (Phi) is 7.79. The third-order valence-electron chi connectivity index (χ3n) is 14.9. The first-order chi connectivity index (χ1) is 28.8. The molecule has 0 saturated heterocycles. The Labute approximate surface area is 367 Å². The van der Waals surface area contributed by atoms with Crippen LogP contribution >= 0.6 is 11.3 Å². The molecule has 61 heavy (non-hydrogen) atoms. The summed E-state index contributed by atoms with van der Waals surface area (Å²) in [5.74, 6) is 0. The van der Waals surface area contributed by atoms with Gasteiger partial charge in [-0.25, -0.2) is 0 Å².